The van der Waals surface area contributed by atoms with E-state index in [0.29, 0.717) is 33.9 Å². The van der Waals surface area contributed by atoms with Gasteiger partial charge in [-0.2, -0.15) is 13.2 Å². The largest absolute Gasteiger partial charge is 0.416 e. The number of hydrogen-bond acceptors (Lipinski definition) is 5. The van der Waals surface area contributed by atoms with Gasteiger partial charge in [0, 0.05) is 35.0 Å². The Bertz CT molecular complexity index is 1570. The van der Waals surface area contributed by atoms with Crippen molar-refractivity contribution in [3.8, 4) is 11.4 Å². The Morgan fingerprint density at radius 2 is 1.86 bits per heavy atom. The third kappa shape index (κ3) is 4.31. The number of amides is 1. The summed E-state index contributed by atoms with van der Waals surface area (Å²) in [7, 11) is 0. The molecule has 0 aliphatic carbocycles. The number of hydrogen-bond donors (Lipinski definition) is 2. The number of aryl methyl sites for hydroxylation is 1. The molecule has 0 atom stereocenters. The maximum absolute atomic E-state index is 13.5. The summed E-state index contributed by atoms with van der Waals surface area (Å²) in [5.41, 5.74) is 7.29. The van der Waals surface area contributed by atoms with Gasteiger partial charge < -0.3 is 20.2 Å². The first-order valence-corrected chi connectivity index (χ1v) is 10.4. The van der Waals surface area contributed by atoms with Crippen LogP contribution >= 0.6 is 0 Å². The number of nitrogens with two attached hydrogens (primary N) is 1. The second-order valence-corrected chi connectivity index (χ2v) is 7.88. The van der Waals surface area contributed by atoms with Crippen LogP contribution in [0.2, 0.25) is 0 Å². The van der Waals surface area contributed by atoms with Gasteiger partial charge in [0.15, 0.2) is 0 Å². The van der Waals surface area contributed by atoms with E-state index < -0.39 is 17.6 Å². The molecule has 8 nitrogen and oxygen atoms in total. The lowest BCUT2D eigenvalue weighted by Crippen LogP contribution is -2.15. The number of imidazole rings is 1. The molecule has 3 aromatic heterocycles. The quantitative estimate of drug-likeness (QED) is 0.388. The molecule has 0 saturated carbocycles. The van der Waals surface area contributed by atoms with Crippen LogP contribution in [0.5, 0.6) is 0 Å². The molecule has 0 saturated heterocycles. The fourth-order valence-electron chi connectivity index (χ4n) is 3.73. The molecule has 11 heteroatoms. The highest BCUT2D eigenvalue weighted by Gasteiger charge is 2.32. The summed E-state index contributed by atoms with van der Waals surface area (Å²) < 4.78 is 43.8. The first-order chi connectivity index (χ1) is 16.7. The number of nitrogens with one attached hydrogen (secondary N) is 1. The molecular formula is C24H18F3N7O. The van der Waals surface area contributed by atoms with E-state index in [4.69, 9.17) is 5.73 Å². The summed E-state index contributed by atoms with van der Waals surface area (Å²) in [4.78, 5) is 25.3. The molecule has 2 aromatic carbocycles. The third-order valence-corrected chi connectivity index (χ3v) is 5.41. The van der Waals surface area contributed by atoms with Crippen LogP contribution in [-0.2, 0) is 6.18 Å². The molecule has 0 bridgehead atoms. The first-order valence-electron chi connectivity index (χ1n) is 10.4. The smallest absolute Gasteiger partial charge is 0.383 e. The van der Waals surface area contributed by atoms with E-state index in [-0.39, 0.29) is 11.3 Å². The second kappa shape index (κ2) is 8.28. The van der Waals surface area contributed by atoms with Gasteiger partial charge in [-0.1, -0.05) is 6.07 Å². The summed E-state index contributed by atoms with van der Waals surface area (Å²) in [5, 5.41) is 3.35. The molecule has 1 amide bonds. The number of carbonyl (C=O) groups excluding carboxylic acids is 1. The van der Waals surface area contributed by atoms with Gasteiger partial charge in [0.25, 0.3) is 5.91 Å². The van der Waals surface area contributed by atoms with Crippen LogP contribution in [0.4, 0.5) is 24.7 Å². The highest BCUT2D eigenvalue weighted by Crippen LogP contribution is 2.32. The van der Waals surface area contributed by atoms with Crippen molar-refractivity contribution in [2.24, 2.45) is 0 Å². The predicted molar refractivity (Wildman–Crippen MR) is 125 cm³/mol. The SMILES string of the molecule is Cc1cn(-c2cc(C(=O)Nc3cccc(-n4ccc5c(N)ncnc54)c3)cc(C(F)(F)F)c2)cn1. The van der Waals surface area contributed by atoms with E-state index in [9.17, 15) is 18.0 Å². The molecule has 0 aliphatic heterocycles. The standard InChI is InChI=1S/C24H18F3N7O/c1-14-11-33(13-31-14)19-8-15(7-16(9-19)24(25,26)27)23(35)32-17-3-2-4-18(10-17)34-6-5-20-21(28)29-12-30-22(20)34/h2-13H,1H3,(H,32,35)(H2,28,29,30). The minimum Gasteiger partial charge on any atom is -0.383 e. The minimum atomic E-state index is -4.63. The number of nitrogen functional groups attached to an aromatic ring is 1. The Hall–Kier alpha value is -4.67. The highest BCUT2D eigenvalue weighted by atomic mass is 19.4. The Morgan fingerprint density at radius 3 is 2.60 bits per heavy atom. The van der Waals surface area contributed by atoms with Crippen molar-refractivity contribution in [2.45, 2.75) is 13.1 Å². The number of rotatable bonds is 4. The Balaban J connectivity index is 1.48. The van der Waals surface area contributed by atoms with Crippen LogP contribution in [0.1, 0.15) is 21.6 Å². The summed E-state index contributed by atoms with van der Waals surface area (Å²) in [5.74, 6) is -0.345. The number of carbonyl (C=O) groups is 1. The van der Waals surface area contributed by atoms with Gasteiger partial charge in [-0.3, -0.25) is 4.79 Å². The zero-order valence-corrected chi connectivity index (χ0v) is 18.3. The van der Waals surface area contributed by atoms with Crippen LogP contribution in [0.15, 0.2) is 73.6 Å². The second-order valence-electron chi connectivity index (χ2n) is 7.88. The zero-order chi connectivity index (χ0) is 24.7. The van der Waals surface area contributed by atoms with Gasteiger partial charge in [-0.05, 0) is 49.4 Å². The molecule has 0 fully saturated rings. The minimum absolute atomic E-state index is 0.140. The van der Waals surface area contributed by atoms with Gasteiger partial charge in [-0.15, -0.1) is 0 Å². The van der Waals surface area contributed by atoms with Crippen LogP contribution in [0.3, 0.4) is 0 Å². The summed E-state index contributed by atoms with van der Waals surface area (Å²) in [6, 6.07) is 11.8. The normalized spacial score (nSPS) is 11.7. The van der Waals surface area contributed by atoms with Crippen LogP contribution in [0.25, 0.3) is 22.4 Å². The maximum atomic E-state index is 13.5. The molecule has 5 rings (SSSR count). The van der Waals surface area contributed by atoms with Gasteiger partial charge in [-0.25, -0.2) is 15.0 Å². The first kappa shape index (κ1) is 22.1. The highest BCUT2D eigenvalue weighted by molar-refractivity contribution is 6.05. The van der Waals surface area contributed by atoms with Crippen molar-refractivity contribution in [3.05, 3.63) is 90.4 Å². The van der Waals surface area contributed by atoms with Crippen LogP contribution in [0, 0.1) is 6.92 Å². The third-order valence-electron chi connectivity index (χ3n) is 5.41. The molecule has 0 unspecified atom stereocenters. The number of aromatic nitrogens is 5. The molecule has 0 radical (unpaired) electrons. The van der Waals surface area contributed by atoms with Gasteiger partial charge in [0.1, 0.15) is 17.8 Å². The lowest BCUT2D eigenvalue weighted by molar-refractivity contribution is -0.137. The maximum Gasteiger partial charge on any atom is 0.416 e. The molecule has 0 aliphatic rings. The van der Waals surface area contributed by atoms with E-state index in [1.54, 1.807) is 54.2 Å². The van der Waals surface area contributed by atoms with E-state index >= 15 is 0 Å². The average Bonchev–Trinajstić information content (AvgIpc) is 3.46. The molecule has 35 heavy (non-hydrogen) atoms. The van der Waals surface area contributed by atoms with Crippen molar-refractivity contribution in [3.63, 3.8) is 0 Å². The molecule has 5 aromatic rings. The lowest BCUT2D eigenvalue weighted by Gasteiger charge is -2.13. The number of fused-ring (bicyclic) bond motifs is 1. The molecular weight excluding hydrogens is 459 g/mol. The fraction of sp³-hybridized carbons (Fsp3) is 0.0833. The number of alkyl halides is 3. The topological polar surface area (TPSA) is 104 Å². The van der Waals surface area contributed by atoms with Crippen molar-refractivity contribution >= 4 is 28.4 Å². The van der Waals surface area contributed by atoms with E-state index in [1.165, 1.54) is 23.3 Å². The lowest BCUT2D eigenvalue weighted by atomic mass is 10.1. The number of benzene rings is 2. The Kier molecular flexibility index (Phi) is 5.24. The predicted octanol–water partition coefficient (Wildman–Crippen LogP) is 4.77. The number of halogens is 3. The van der Waals surface area contributed by atoms with Gasteiger partial charge in [0.05, 0.1) is 23.0 Å². The van der Waals surface area contributed by atoms with Crippen molar-refractivity contribution in [1.82, 2.24) is 24.1 Å². The molecule has 3 heterocycles. The van der Waals surface area contributed by atoms with Crippen molar-refractivity contribution in [1.29, 1.82) is 0 Å². The molecule has 176 valence electrons. The van der Waals surface area contributed by atoms with Crippen molar-refractivity contribution in [2.75, 3.05) is 11.1 Å². The molecule has 0 spiro atoms. The van der Waals surface area contributed by atoms with Gasteiger partial charge in [0.2, 0.25) is 0 Å². The summed E-state index contributed by atoms with van der Waals surface area (Å²) in [6.45, 7) is 1.72. The van der Waals surface area contributed by atoms with E-state index in [1.807, 2.05) is 0 Å². The van der Waals surface area contributed by atoms with Crippen molar-refractivity contribution < 1.29 is 18.0 Å². The van der Waals surface area contributed by atoms with Crippen LogP contribution < -0.4 is 11.1 Å². The summed E-state index contributed by atoms with van der Waals surface area (Å²) >= 11 is 0. The fourth-order valence-corrected chi connectivity index (χ4v) is 3.73. The average molecular weight is 477 g/mol. The van der Waals surface area contributed by atoms with E-state index in [0.717, 1.165) is 12.1 Å². The Labute approximate surface area is 196 Å². The van der Waals surface area contributed by atoms with Gasteiger partial charge >= 0.3 is 6.18 Å². The Morgan fingerprint density at radius 1 is 1.03 bits per heavy atom. The van der Waals surface area contributed by atoms with Crippen LogP contribution in [-0.4, -0.2) is 30.0 Å². The number of anilines is 2. The monoisotopic (exact) mass is 477 g/mol. The summed E-state index contributed by atoms with van der Waals surface area (Å²) in [6.07, 6.45) is 1.47. The van der Waals surface area contributed by atoms with E-state index in [2.05, 4.69) is 20.3 Å². The number of nitrogens with zero attached hydrogens (tertiary/aromatic N) is 5. The molecule has 3 N–H and O–H groups in total. The zero-order valence-electron chi connectivity index (χ0n) is 18.3.